The molecule has 0 saturated carbocycles. The van der Waals surface area contributed by atoms with E-state index >= 15 is 0 Å². The van der Waals surface area contributed by atoms with E-state index in [-0.39, 0.29) is 39.1 Å². The van der Waals surface area contributed by atoms with Crippen LogP contribution < -0.4 is 15.8 Å². The Bertz CT molecular complexity index is 1160. The zero-order valence-corrected chi connectivity index (χ0v) is 16.7. The van der Waals surface area contributed by atoms with Gasteiger partial charge in [0.1, 0.15) is 4.90 Å². The first-order chi connectivity index (χ1) is 12.3. The molecule has 0 spiro atoms. The number of azo groups is 1. The molecule has 1 heterocycles. The molecule has 0 aliphatic heterocycles. The summed E-state index contributed by atoms with van der Waals surface area (Å²) >= 11 is 0. The van der Waals surface area contributed by atoms with Crippen LogP contribution in [0.2, 0.25) is 0 Å². The van der Waals surface area contributed by atoms with Crippen LogP contribution in [-0.2, 0) is 27.4 Å². The molecule has 0 aliphatic rings. The van der Waals surface area contributed by atoms with Crippen molar-refractivity contribution in [2.75, 3.05) is 0 Å². The number of hydrogen-bond donors (Lipinski definition) is 2. The molecule has 0 aliphatic carbocycles. The Kier molecular flexibility index (Phi) is 7.45. The molecule has 12 heteroatoms. The van der Waals surface area contributed by atoms with Crippen LogP contribution in [0, 0.1) is 6.92 Å². The number of nitrogens with zero attached hydrogens (tertiary/aromatic N) is 3. The van der Waals surface area contributed by atoms with Gasteiger partial charge < -0.3 is 10.6 Å². The SMILES string of the molecule is Cc1[nH]n(-c2ccccc2)c(=O)c1N=Nc1cc(S([NH3+])(=O)=O)ccc1[O-].O.[Cr]. The molecule has 0 fully saturated rings. The van der Waals surface area contributed by atoms with Gasteiger partial charge in [0.25, 0.3) is 5.56 Å². The van der Waals surface area contributed by atoms with Crippen LogP contribution in [0.25, 0.3) is 5.69 Å². The molecule has 28 heavy (non-hydrogen) atoms. The van der Waals surface area contributed by atoms with Gasteiger partial charge in [0, 0.05) is 17.4 Å². The van der Waals surface area contributed by atoms with E-state index in [0.29, 0.717) is 11.4 Å². The Hall–Kier alpha value is -2.75. The molecule has 0 radical (unpaired) electrons. The molecule has 0 unspecified atom stereocenters. The second kappa shape index (κ2) is 8.96. The van der Waals surface area contributed by atoms with Crippen molar-refractivity contribution < 1.29 is 41.5 Å². The van der Waals surface area contributed by atoms with Gasteiger partial charge in [-0.2, -0.15) is 13.5 Å². The minimum absolute atomic E-state index is 0. The van der Waals surface area contributed by atoms with Gasteiger partial charge in [0.15, 0.2) is 5.69 Å². The first-order valence-electron chi connectivity index (χ1n) is 7.45. The predicted octanol–water partition coefficient (Wildman–Crippen LogP) is 0.0664. The third-order valence-electron chi connectivity index (χ3n) is 3.60. The minimum Gasteiger partial charge on any atom is -0.871 e. The van der Waals surface area contributed by atoms with Crippen molar-refractivity contribution in [3.8, 4) is 11.4 Å². The van der Waals surface area contributed by atoms with Gasteiger partial charge in [-0.3, -0.25) is 9.89 Å². The van der Waals surface area contributed by atoms with Crippen molar-refractivity contribution >= 4 is 21.4 Å². The summed E-state index contributed by atoms with van der Waals surface area (Å²) in [6, 6.07) is 12.2. The normalized spacial score (nSPS) is 11.1. The Labute approximate surface area is 170 Å². The summed E-state index contributed by atoms with van der Waals surface area (Å²) in [5.41, 5.74) is 0.468. The third-order valence-corrected chi connectivity index (χ3v) is 4.57. The number of para-hydroxylation sites is 1. The number of nitrogens with one attached hydrogen (secondary N) is 1. The van der Waals surface area contributed by atoms with Crippen molar-refractivity contribution in [3.05, 3.63) is 64.6 Å². The molecule has 10 nitrogen and oxygen atoms in total. The summed E-state index contributed by atoms with van der Waals surface area (Å²) in [7, 11) is -3.74. The molecular formula is C16H17CrN5O5S. The summed E-state index contributed by atoms with van der Waals surface area (Å²) < 4.78 is 24.3. The van der Waals surface area contributed by atoms with E-state index in [2.05, 4.69) is 20.5 Å². The molecular weight excluding hydrogens is 426 g/mol. The smallest absolute Gasteiger partial charge is 0.322 e. The zero-order chi connectivity index (χ0) is 18.9. The predicted molar refractivity (Wildman–Crippen MR) is 94.9 cm³/mol. The number of aromatic nitrogens is 2. The molecule has 1 aromatic heterocycles. The molecule has 3 rings (SSSR count). The van der Waals surface area contributed by atoms with Gasteiger partial charge in [-0.25, -0.2) is 9.82 Å². The van der Waals surface area contributed by atoms with Gasteiger partial charge in [0.2, 0.25) is 0 Å². The fraction of sp³-hybridized carbons (Fsp3) is 0.0625. The average molecular weight is 443 g/mol. The van der Waals surface area contributed by atoms with Crippen LogP contribution in [0.1, 0.15) is 5.69 Å². The quantitative estimate of drug-likeness (QED) is 0.542. The fourth-order valence-corrected chi connectivity index (χ4v) is 2.85. The maximum Gasteiger partial charge on any atom is 0.322 e. The Morgan fingerprint density at radius 1 is 1.11 bits per heavy atom. The van der Waals surface area contributed by atoms with E-state index < -0.39 is 21.3 Å². The van der Waals surface area contributed by atoms with E-state index in [4.69, 9.17) is 0 Å². The monoisotopic (exact) mass is 443 g/mol. The molecule has 0 amide bonds. The molecule has 0 saturated heterocycles. The molecule has 148 valence electrons. The Morgan fingerprint density at radius 2 is 1.75 bits per heavy atom. The van der Waals surface area contributed by atoms with Crippen LogP contribution in [0.5, 0.6) is 5.75 Å². The largest absolute Gasteiger partial charge is 0.871 e. The third kappa shape index (κ3) is 4.75. The number of hydrogen-bond acceptors (Lipinski definition) is 6. The van der Waals surface area contributed by atoms with Gasteiger partial charge in [0.05, 0.1) is 17.1 Å². The maximum atomic E-state index is 12.5. The number of aromatic amines is 1. The van der Waals surface area contributed by atoms with Gasteiger partial charge in [-0.15, -0.1) is 5.11 Å². The average Bonchev–Trinajstić information content (AvgIpc) is 2.88. The van der Waals surface area contributed by atoms with Crippen molar-refractivity contribution in [2.45, 2.75) is 11.8 Å². The second-order valence-electron chi connectivity index (χ2n) is 5.51. The maximum absolute atomic E-state index is 12.5. The summed E-state index contributed by atoms with van der Waals surface area (Å²) in [6.07, 6.45) is 0. The topological polar surface area (TPSA) is 179 Å². The van der Waals surface area contributed by atoms with Gasteiger partial charge in [-0.05, 0) is 31.2 Å². The number of benzene rings is 2. The standard InChI is InChI=1S/C16H15N5O4S.Cr.H2O/c1-10-15(16(23)21(20-10)11-5-3-2-4-6-11)19-18-13-9-12(26(17,24)25)7-8-14(13)22;;/h2-9,20,22H,1H3,(H2,17,24,25);;1H2. The van der Waals surface area contributed by atoms with Crippen LogP contribution in [-0.4, -0.2) is 23.7 Å². The van der Waals surface area contributed by atoms with Gasteiger partial charge in [-0.1, -0.05) is 30.0 Å². The summed E-state index contributed by atoms with van der Waals surface area (Å²) in [6.45, 7) is 1.64. The van der Waals surface area contributed by atoms with E-state index in [1.807, 2.05) is 6.07 Å². The van der Waals surface area contributed by atoms with E-state index in [1.54, 1.807) is 31.2 Å². The summed E-state index contributed by atoms with van der Waals surface area (Å²) in [5.74, 6) is -0.516. The number of quaternary nitrogens is 1. The molecule has 3 aromatic rings. The molecule has 2 aromatic carbocycles. The van der Waals surface area contributed by atoms with Crippen molar-refractivity contribution in [1.29, 1.82) is 0 Å². The van der Waals surface area contributed by atoms with Crippen molar-refractivity contribution in [3.63, 3.8) is 0 Å². The van der Waals surface area contributed by atoms with E-state index in [9.17, 15) is 18.3 Å². The van der Waals surface area contributed by atoms with Gasteiger partial charge >= 0.3 is 10.0 Å². The number of aryl methyl sites for hydroxylation is 1. The van der Waals surface area contributed by atoms with Crippen LogP contribution in [0.3, 0.4) is 0 Å². The summed E-state index contributed by atoms with van der Waals surface area (Å²) in [4.78, 5) is 12.4. The first-order valence-corrected chi connectivity index (χ1v) is 9.10. The van der Waals surface area contributed by atoms with E-state index in [1.165, 1.54) is 4.68 Å². The molecule has 6 N–H and O–H groups in total. The number of sulfonamides is 1. The van der Waals surface area contributed by atoms with Crippen molar-refractivity contribution in [2.24, 2.45) is 10.2 Å². The van der Waals surface area contributed by atoms with Crippen LogP contribution >= 0.6 is 0 Å². The number of H-pyrrole nitrogens is 1. The van der Waals surface area contributed by atoms with Crippen LogP contribution in [0.15, 0.2) is 68.4 Å². The number of rotatable bonds is 4. The first kappa shape index (κ1) is 23.3. The molecule has 0 atom stereocenters. The fourth-order valence-electron chi connectivity index (χ4n) is 2.29. The Morgan fingerprint density at radius 3 is 2.36 bits per heavy atom. The molecule has 0 bridgehead atoms. The van der Waals surface area contributed by atoms with Crippen LogP contribution in [0.4, 0.5) is 11.4 Å². The second-order valence-corrected chi connectivity index (χ2v) is 7.21. The zero-order valence-electron chi connectivity index (χ0n) is 14.6. The minimum atomic E-state index is -3.74. The Balaban J connectivity index is 0.00000196. The summed E-state index contributed by atoms with van der Waals surface area (Å²) in [5, 5.41) is 25.4. The van der Waals surface area contributed by atoms with E-state index in [0.717, 1.165) is 18.2 Å². The van der Waals surface area contributed by atoms with Crippen molar-refractivity contribution in [1.82, 2.24) is 9.78 Å².